The Balaban J connectivity index is 2.36. The molecule has 0 saturated carbocycles. The van der Waals surface area contributed by atoms with E-state index in [0.29, 0.717) is 0 Å². The Kier molecular flexibility index (Phi) is 6.44. The number of benzene rings is 1. The van der Waals surface area contributed by atoms with Crippen LogP contribution in [0.2, 0.25) is 0 Å². The summed E-state index contributed by atoms with van der Waals surface area (Å²) in [5.41, 5.74) is -0.246. The maximum Gasteiger partial charge on any atom is 0.414 e. The van der Waals surface area contributed by atoms with Gasteiger partial charge >= 0.3 is 17.9 Å². The summed E-state index contributed by atoms with van der Waals surface area (Å²) in [6.45, 7) is 0. The lowest BCUT2D eigenvalue weighted by Crippen LogP contribution is -2.25. The number of amides is 1. The van der Waals surface area contributed by atoms with Gasteiger partial charge in [0.15, 0.2) is 0 Å². The normalized spacial score (nSPS) is 11.0. The number of esters is 1. The second-order valence-corrected chi connectivity index (χ2v) is 5.96. The van der Waals surface area contributed by atoms with E-state index in [1.54, 1.807) is 0 Å². The smallest absolute Gasteiger partial charge is 0.414 e. The van der Waals surface area contributed by atoms with E-state index in [1.165, 1.54) is 50.3 Å². The third-order valence-electron chi connectivity index (χ3n) is 3.80. The summed E-state index contributed by atoms with van der Waals surface area (Å²) in [7, 11) is 5.53. The highest BCUT2D eigenvalue weighted by Gasteiger charge is 2.24. The lowest BCUT2D eigenvalue weighted by molar-refractivity contribution is -0.391. The number of hydrogen-bond acceptors (Lipinski definition) is 8. The van der Waals surface area contributed by atoms with Crippen LogP contribution in [0.5, 0.6) is 5.75 Å². The minimum Gasteiger partial charge on any atom is -0.465 e. The molecule has 152 valence electrons. The summed E-state index contributed by atoms with van der Waals surface area (Å²) in [4.78, 5) is 51.9. The zero-order valence-corrected chi connectivity index (χ0v) is 16.1. The number of carbonyl (C=O) groups is 3. The topological polar surface area (TPSA) is 134 Å². The highest BCUT2D eigenvalue weighted by molar-refractivity contribution is 6.26. The summed E-state index contributed by atoms with van der Waals surface area (Å²) in [6.07, 6.45) is 1.54. The minimum atomic E-state index is -0.927. The van der Waals surface area contributed by atoms with Gasteiger partial charge in [-0.3, -0.25) is 4.79 Å². The predicted octanol–water partition coefficient (Wildman–Crippen LogP) is 1.83. The molecule has 0 bridgehead atoms. The lowest BCUT2D eigenvalue weighted by Gasteiger charge is -2.11. The van der Waals surface area contributed by atoms with Gasteiger partial charge in [0.1, 0.15) is 17.5 Å². The molecule has 1 amide bonds. The van der Waals surface area contributed by atoms with Crippen molar-refractivity contribution in [2.24, 2.45) is 7.05 Å². The van der Waals surface area contributed by atoms with E-state index < -0.39 is 22.8 Å². The van der Waals surface area contributed by atoms with Crippen molar-refractivity contribution in [1.29, 1.82) is 0 Å². The number of nitrogens with zero attached hydrogens (tertiary/aromatic N) is 4. The Morgan fingerprint density at radius 2 is 1.83 bits per heavy atom. The molecule has 0 saturated heterocycles. The minimum absolute atomic E-state index is 0.0296. The van der Waals surface area contributed by atoms with Crippen molar-refractivity contribution in [3.05, 3.63) is 57.5 Å². The number of hydrogen-bond donors (Lipinski definition) is 0. The molecule has 0 unspecified atom stereocenters. The first-order chi connectivity index (χ1) is 13.6. The zero-order chi connectivity index (χ0) is 21.7. The van der Waals surface area contributed by atoms with Crippen molar-refractivity contribution in [2.75, 3.05) is 21.2 Å². The number of methoxy groups -OCH3 is 1. The highest BCUT2D eigenvalue weighted by atomic mass is 16.6. The molecule has 0 aliphatic rings. The number of carbonyl (C=O) groups excluding carboxylic acids is 3. The second kappa shape index (κ2) is 8.78. The van der Waals surface area contributed by atoms with Crippen LogP contribution in [0.1, 0.15) is 16.2 Å². The number of ketones is 1. The highest BCUT2D eigenvalue weighted by Crippen LogP contribution is 2.19. The van der Waals surface area contributed by atoms with Crippen molar-refractivity contribution in [2.45, 2.75) is 0 Å². The number of rotatable bonds is 6. The Hall–Kier alpha value is -4.02. The van der Waals surface area contributed by atoms with Gasteiger partial charge in [-0.15, -0.1) is 0 Å². The Morgan fingerprint density at radius 3 is 2.31 bits per heavy atom. The van der Waals surface area contributed by atoms with Crippen molar-refractivity contribution < 1.29 is 28.8 Å². The molecule has 0 spiro atoms. The van der Waals surface area contributed by atoms with Crippen LogP contribution >= 0.6 is 0 Å². The Morgan fingerprint density at radius 1 is 1.21 bits per heavy atom. The molecule has 0 fully saturated rings. The first-order valence-electron chi connectivity index (χ1n) is 8.15. The summed E-state index contributed by atoms with van der Waals surface area (Å²) in [5.74, 6) is -1.68. The van der Waals surface area contributed by atoms with Crippen LogP contribution in [-0.2, 0) is 16.6 Å². The molecule has 2 rings (SSSR count). The molecule has 0 atom stereocenters. The van der Waals surface area contributed by atoms with Crippen molar-refractivity contribution >= 4 is 29.7 Å². The summed E-state index contributed by atoms with van der Waals surface area (Å²) >= 11 is 0. The number of aromatic nitrogens is 2. The molecule has 29 heavy (non-hydrogen) atoms. The summed E-state index contributed by atoms with van der Waals surface area (Å²) in [6, 6.07) is 5.54. The van der Waals surface area contributed by atoms with E-state index in [2.05, 4.69) is 9.72 Å². The first-order valence-corrected chi connectivity index (χ1v) is 8.15. The molecule has 1 heterocycles. The number of Topliss-reactive ketones (excluding diaryl/α,β-unsaturated/α-hetero) is 1. The number of nitro groups is 1. The van der Waals surface area contributed by atoms with Gasteiger partial charge in [0.2, 0.25) is 11.6 Å². The van der Waals surface area contributed by atoms with Crippen LogP contribution in [0.3, 0.4) is 0 Å². The van der Waals surface area contributed by atoms with Crippen LogP contribution in [0.15, 0.2) is 36.0 Å². The summed E-state index contributed by atoms with van der Waals surface area (Å²) in [5, 5.41) is 10.9. The van der Waals surface area contributed by atoms with E-state index in [-0.39, 0.29) is 28.5 Å². The fourth-order valence-corrected chi connectivity index (χ4v) is 2.20. The van der Waals surface area contributed by atoms with Gasteiger partial charge in [-0.25, -0.2) is 19.1 Å². The van der Waals surface area contributed by atoms with Crippen molar-refractivity contribution in [1.82, 2.24) is 14.5 Å². The van der Waals surface area contributed by atoms with Gasteiger partial charge in [0, 0.05) is 25.7 Å². The van der Waals surface area contributed by atoms with Gasteiger partial charge in [0.25, 0.3) is 0 Å². The van der Waals surface area contributed by atoms with Gasteiger partial charge in [-0.1, -0.05) is 0 Å². The average molecular weight is 402 g/mol. The second-order valence-electron chi connectivity index (χ2n) is 5.96. The standard InChI is InChI=1S/C18H18N4O7/c1-20(2)18(25)29-12-7-5-11(6-8-12)16(23)13(17(24)28-4)9-14-19-10-15(21(14)3)22(26)27/h5-10H,1-4H3/b13-9+. The van der Waals surface area contributed by atoms with Crippen molar-refractivity contribution in [3.63, 3.8) is 0 Å². The van der Waals surface area contributed by atoms with Crippen molar-refractivity contribution in [3.8, 4) is 5.75 Å². The van der Waals surface area contributed by atoms with Crippen LogP contribution < -0.4 is 4.74 Å². The van der Waals surface area contributed by atoms with E-state index >= 15 is 0 Å². The van der Waals surface area contributed by atoms with E-state index in [0.717, 1.165) is 23.9 Å². The maximum absolute atomic E-state index is 12.8. The van der Waals surface area contributed by atoms with Gasteiger partial charge in [-0.2, -0.15) is 0 Å². The SMILES string of the molecule is COC(=O)/C(=C/c1ncc([N+](=O)[O-])n1C)C(=O)c1ccc(OC(=O)N(C)C)cc1. The van der Waals surface area contributed by atoms with E-state index in [4.69, 9.17) is 4.74 Å². The largest absolute Gasteiger partial charge is 0.465 e. The predicted molar refractivity (Wildman–Crippen MR) is 100 cm³/mol. The fourth-order valence-electron chi connectivity index (χ4n) is 2.20. The molecule has 1 aromatic carbocycles. The molecule has 0 radical (unpaired) electrons. The fraction of sp³-hybridized carbons (Fsp3) is 0.222. The Bertz CT molecular complexity index is 990. The quantitative estimate of drug-likeness (QED) is 0.136. The van der Waals surface area contributed by atoms with Crippen LogP contribution in [0.25, 0.3) is 6.08 Å². The zero-order valence-electron chi connectivity index (χ0n) is 16.1. The molecule has 0 N–H and O–H groups in total. The molecule has 11 heteroatoms. The third kappa shape index (κ3) is 4.83. The monoisotopic (exact) mass is 402 g/mol. The third-order valence-corrected chi connectivity index (χ3v) is 3.80. The number of ether oxygens (including phenoxy) is 2. The van der Waals surface area contributed by atoms with E-state index in [1.807, 2.05) is 0 Å². The summed E-state index contributed by atoms with van der Waals surface area (Å²) < 4.78 is 10.8. The van der Waals surface area contributed by atoms with Gasteiger partial charge in [-0.05, 0) is 29.2 Å². The maximum atomic E-state index is 12.8. The first kappa shape index (κ1) is 21.3. The van der Waals surface area contributed by atoms with Crippen LogP contribution in [-0.4, -0.2) is 58.4 Å². The molecular formula is C18H18N4O7. The molecular weight excluding hydrogens is 384 g/mol. The van der Waals surface area contributed by atoms with Gasteiger partial charge < -0.3 is 24.5 Å². The molecule has 0 aliphatic carbocycles. The van der Waals surface area contributed by atoms with Crippen LogP contribution in [0, 0.1) is 10.1 Å². The number of imidazole rings is 1. The van der Waals surface area contributed by atoms with Crippen LogP contribution in [0.4, 0.5) is 10.6 Å². The molecule has 2 aromatic rings. The lowest BCUT2D eigenvalue weighted by atomic mass is 10.0. The Labute approximate surface area is 165 Å². The van der Waals surface area contributed by atoms with E-state index in [9.17, 15) is 24.5 Å². The van der Waals surface area contributed by atoms with Gasteiger partial charge in [0.05, 0.1) is 14.2 Å². The molecule has 0 aliphatic heterocycles. The molecule has 11 nitrogen and oxygen atoms in total. The molecule has 1 aromatic heterocycles. The average Bonchev–Trinajstić information content (AvgIpc) is 3.06.